The Kier molecular flexibility index (Phi) is 5.76. The normalized spacial score (nSPS) is 10.8. The van der Waals surface area contributed by atoms with E-state index in [1.807, 2.05) is 41.5 Å². The molecule has 0 amide bonds. The van der Waals surface area contributed by atoms with Gasteiger partial charge in [0.2, 0.25) is 0 Å². The molecule has 0 unspecified atom stereocenters. The number of aromatic nitrogens is 4. The lowest BCUT2D eigenvalue weighted by atomic mass is 10.2. The molecule has 0 atom stereocenters. The Labute approximate surface area is 143 Å². The molecule has 126 valence electrons. The van der Waals surface area contributed by atoms with E-state index in [1.165, 1.54) is 17.0 Å². The summed E-state index contributed by atoms with van der Waals surface area (Å²) < 4.78 is 3.93. The lowest BCUT2D eigenvalue weighted by Crippen LogP contribution is -2.37. The smallest absolute Gasteiger partial charge is 0.168 e. The van der Waals surface area contributed by atoms with Gasteiger partial charge in [0.15, 0.2) is 5.11 Å². The molecule has 2 rings (SSSR count). The van der Waals surface area contributed by atoms with Gasteiger partial charge in [0.25, 0.3) is 0 Å². The quantitative estimate of drug-likeness (QED) is 0.646. The molecule has 2 aromatic rings. The van der Waals surface area contributed by atoms with Gasteiger partial charge in [-0.1, -0.05) is 0 Å². The number of rotatable bonds is 6. The first kappa shape index (κ1) is 17.5. The molecule has 2 aromatic heterocycles. The van der Waals surface area contributed by atoms with Crippen molar-refractivity contribution >= 4 is 17.3 Å². The first-order valence-corrected chi connectivity index (χ1v) is 8.27. The Morgan fingerprint density at radius 2 is 2.09 bits per heavy atom. The molecule has 0 aliphatic carbocycles. The van der Waals surface area contributed by atoms with Gasteiger partial charge >= 0.3 is 0 Å². The van der Waals surface area contributed by atoms with Crippen molar-refractivity contribution in [3.63, 3.8) is 0 Å². The molecule has 0 aliphatic heterocycles. The number of thiocarbonyl (C=S) groups is 1. The lowest BCUT2D eigenvalue weighted by Gasteiger charge is -2.21. The van der Waals surface area contributed by atoms with Crippen molar-refractivity contribution in [3.05, 3.63) is 34.9 Å². The molecule has 7 heteroatoms. The van der Waals surface area contributed by atoms with Crippen molar-refractivity contribution < 1.29 is 0 Å². The standard InChI is InChI=1S/C16H26N6S/c1-12-9-13(2)22(19-12)8-6-7-17-16(23)20(4)11-15-10-18-21(5)14(15)3/h9-10H,6-8,11H2,1-5H3,(H,17,23). The molecule has 0 aliphatic rings. The number of hydrogen-bond donors (Lipinski definition) is 1. The molecule has 0 spiro atoms. The van der Waals surface area contributed by atoms with E-state index in [-0.39, 0.29) is 0 Å². The summed E-state index contributed by atoms with van der Waals surface area (Å²) in [6.07, 6.45) is 2.89. The predicted octanol–water partition coefficient (Wildman–Crippen LogP) is 1.94. The van der Waals surface area contributed by atoms with Crippen molar-refractivity contribution in [1.82, 2.24) is 29.8 Å². The maximum atomic E-state index is 5.45. The third-order valence-corrected chi connectivity index (χ3v) is 4.47. The van der Waals surface area contributed by atoms with E-state index in [1.54, 1.807) is 0 Å². The summed E-state index contributed by atoms with van der Waals surface area (Å²) in [7, 11) is 3.96. The van der Waals surface area contributed by atoms with Crippen LogP contribution < -0.4 is 5.32 Å². The second-order valence-corrected chi connectivity index (χ2v) is 6.36. The molecule has 0 fully saturated rings. The molecule has 2 heterocycles. The van der Waals surface area contributed by atoms with E-state index >= 15 is 0 Å². The van der Waals surface area contributed by atoms with Crippen LogP contribution in [0.3, 0.4) is 0 Å². The largest absolute Gasteiger partial charge is 0.362 e. The molecule has 0 saturated heterocycles. The summed E-state index contributed by atoms with van der Waals surface area (Å²) >= 11 is 5.45. The van der Waals surface area contributed by atoms with Crippen LogP contribution in [0.4, 0.5) is 0 Å². The minimum Gasteiger partial charge on any atom is -0.362 e. The molecule has 6 nitrogen and oxygen atoms in total. The third-order valence-electron chi connectivity index (χ3n) is 4.02. The zero-order valence-electron chi connectivity index (χ0n) is 14.6. The minimum absolute atomic E-state index is 0.765. The van der Waals surface area contributed by atoms with E-state index < -0.39 is 0 Å². The molecule has 23 heavy (non-hydrogen) atoms. The van der Waals surface area contributed by atoms with Crippen LogP contribution >= 0.6 is 12.2 Å². The van der Waals surface area contributed by atoms with Gasteiger partial charge < -0.3 is 10.2 Å². The van der Waals surface area contributed by atoms with Crippen LogP contribution in [0.2, 0.25) is 0 Å². The maximum absolute atomic E-state index is 5.45. The minimum atomic E-state index is 0.765. The van der Waals surface area contributed by atoms with E-state index in [2.05, 4.69) is 35.4 Å². The summed E-state index contributed by atoms with van der Waals surface area (Å²) in [6.45, 7) is 8.69. The van der Waals surface area contributed by atoms with Gasteiger partial charge in [-0.2, -0.15) is 10.2 Å². The average Bonchev–Trinajstić information content (AvgIpc) is 2.99. The first-order chi connectivity index (χ1) is 10.9. The van der Waals surface area contributed by atoms with Gasteiger partial charge in [-0.15, -0.1) is 0 Å². The van der Waals surface area contributed by atoms with Crippen LogP contribution in [0.15, 0.2) is 12.3 Å². The Bertz CT molecular complexity index is 672. The van der Waals surface area contributed by atoms with Crippen molar-refractivity contribution in [2.24, 2.45) is 7.05 Å². The van der Waals surface area contributed by atoms with Crippen molar-refractivity contribution in [2.75, 3.05) is 13.6 Å². The highest BCUT2D eigenvalue weighted by Gasteiger charge is 2.09. The van der Waals surface area contributed by atoms with Crippen LogP contribution in [0.1, 0.15) is 29.1 Å². The van der Waals surface area contributed by atoms with Crippen molar-refractivity contribution in [3.8, 4) is 0 Å². The van der Waals surface area contributed by atoms with Gasteiger partial charge in [0.1, 0.15) is 0 Å². The summed E-state index contributed by atoms with van der Waals surface area (Å²) in [6, 6.07) is 2.10. The molecule has 0 radical (unpaired) electrons. The maximum Gasteiger partial charge on any atom is 0.168 e. The summed E-state index contributed by atoms with van der Waals surface area (Å²) in [5, 5.41) is 12.8. The molecule has 0 bridgehead atoms. The Hall–Kier alpha value is -1.89. The number of nitrogens with one attached hydrogen (secondary N) is 1. The van der Waals surface area contributed by atoms with Gasteiger partial charge in [-0.3, -0.25) is 9.36 Å². The lowest BCUT2D eigenvalue weighted by molar-refractivity contribution is 0.480. The highest BCUT2D eigenvalue weighted by Crippen LogP contribution is 2.08. The van der Waals surface area contributed by atoms with Gasteiger partial charge in [0, 0.05) is 50.7 Å². The average molecular weight is 334 g/mol. The van der Waals surface area contributed by atoms with E-state index in [4.69, 9.17) is 12.2 Å². The van der Waals surface area contributed by atoms with Gasteiger partial charge in [-0.25, -0.2) is 0 Å². The second kappa shape index (κ2) is 7.59. The van der Waals surface area contributed by atoms with E-state index in [9.17, 15) is 0 Å². The fourth-order valence-corrected chi connectivity index (χ4v) is 2.65. The highest BCUT2D eigenvalue weighted by molar-refractivity contribution is 7.80. The van der Waals surface area contributed by atoms with Crippen LogP contribution in [0, 0.1) is 20.8 Å². The van der Waals surface area contributed by atoms with E-state index in [0.717, 1.165) is 36.9 Å². The molecular weight excluding hydrogens is 308 g/mol. The van der Waals surface area contributed by atoms with Crippen LogP contribution in [0.25, 0.3) is 0 Å². The molecule has 0 aromatic carbocycles. The summed E-state index contributed by atoms with van der Waals surface area (Å²) in [4.78, 5) is 2.04. The fourth-order valence-electron chi connectivity index (χ4n) is 2.49. The van der Waals surface area contributed by atoms with Gasteiger partial charge in [-0.05, 0) is 45.5 Å². The number of aryl methyl sites for hydroxylation is 4. The number of nitrogens with zero attached hydrogens (tertiary/aromatic N) is 5. The van der Waals surface area contributed by atoms with E-state index in [0.29, 0.717) is 0 Å². The van der Waals surface area contributed by atoms with Gasteiger partial charge in [0.05, 0.1) is 11.9 Å². The molecule has 1 N–H and O–H groups in total. The van der Waals surface area contributed by atoms with Crippen molar-refractivity contribution in [2.45, 2.75) is 40.3 Å². The zero-order valence-corrected chi connectivity index (χ0v) is 15.4. The SMILES string of the molecule is Cc1cc(C)n(CCCNC(=S)N(C)Cc2cnn(C)c2C)n1. The molecular formula is C16H26N6S. The Morgan fingerprint density at radius 1 is 1.35 bits per heavy atom. The van der Waals surface area contributed by atoms with Crippen LogP contribution in [-0.4, -0.2) is 43.2 Å². The molecule has 0 saturated carbocycles. The highest BCUT2D eigenvalue weighted by atomic mass is 32.1. The second-order valence-electron chi connectivity index (χ2n) is 5.97. The zero-order chi connectivity index (χ0) is 17.0. The monoisotopic (exact) mass is 334 g/mol. The Morgan fingerprint density at radius 3 is 2.65 bits per heavy atom. The van der Waals surface area contributed by atoms with Crippen molar-refractivity contribution in [1.29, 1.82) is 0 Å². The topological polar surface area (TPSA) is 50.9 Å². The summed E-state index contributed by atoms with van der Waals surface area (Å²) in [5.41, 5.74) is 4.64. The Balaban J connectivity index is 1.74. The number of hydrogen-bond acceptors (Lipinski definition) is 3. The van der Waals surface area contributed by atoms with Crippen LogP contribution in [0.5, 0.6) is 0 Å². The summed E-state index contributed by atoms with van der Waals surface area (Å²) in [5.74, 6) is 0. The first-order valence-electron chi connectivity index (χ1n) is 7.86. The third kappa shape index (κ3) is 4.54. The van der Waals surface area contributed by atoms with Crippen LogP contribution in [-0.2, 0) is 20.1 Å². The predicted molar refractivity (Wildman–Crippen MR) is 96.3 cm³/mol. The fraction of sp³-hybridized carbons (Fsp3) is 0.562.